The fraction of sp³-hybridized carbons (Fsp3) is 0.269. The largest absolute Gasteiger partial charge is 0.436 e. The van der Waals surface area contributed by atoms with E-state index in [-0.39, 0.29) is 0 Å². The minimum Gasteiger partial charge on any atom is -0.436 e. The quantitative estimate of drug-likeness (QED) is 0.396. The molecule has 33 heavy (non-hydrogen) atoms. The van der Waals surface area contributed by atoms with Gasteiger partial charge in [-0.15, -0.1) is 0 Å². The third kappa shape index (κ3) is 4.45. The lowest BCUT2D eigenvalue weighted by Crippen LogP contribution is -2.29. The van der Waals surface area contributed by atoms with Crippen molar-refractivity contribution in [3.63, 3.8) is 0 Å². The topological polar surface area (TPSA) is 82.9 Å². The molecule has 0 atom stereocenters. The van der Waals surface area contributed by atoms with Gasteiger partial charge in [-0.25, -0.2) is 4.98 Å². The molecule has 1 saturated heterocycles. The van der Waals surface area contributed by atoms with E-state index in [2.05, 4.69) is 44.5 Å². The molecule has 0 unspecified atom stereocenters. The van der Waals surface area contributed by atoms with Gasteiger partial charge in [-0.3, -0.25) is 9.97 Å². The van der Waals surface area contributed by atoms with Crippen molar-refractivity contribution in [2.45, 2.75) is 18.8 Å². The number of likely N-dealkylation sites (tertiary alicyclic amines) is 1. The summed E-state index contributed by atoms with van der Waals surface area (Å²) in [5.74, 6) is 1.21. The highest BCUT2D eigenvalue weighted by Gasteiger charge is 2.23. The van der Waals surface area contributed by atoms with Crippen LogP contribution >= 0.6 is 0 Å². The second-order valence-electron chi connectivity index (χ2n) is 8.41. The molecule has 5 heterocycles. The van der Waals surface area contributed by atoms with Gasteiger partial charge >= 0.3 is 0 Å². The predicted molar refractivity (Wildman–Crippen MR) is 132 cm³/mol. The summed E-state index contributed by atoms with van der Waals surface area (Å²) in [6.07, 6.45) is 11.6. The minimum absolute atomic E-state index is 0.578. The zero-order chi connectivity index (χ0) is 22.6. The molecule has 0 radical (unpaired) electrons. The summed E-state index contributed by atoms with van der Waals surface area (Å²) in [5.41, 5.74) is 6.24. The lowest BCUT2D eigenvalue weighted by Gasteiger charge is -2.28. The molecule has 6 rings (SSSR count). The van der Waals surface area contributed by atoms with E-state index in [4.69, 9.17) is 9.40 Å². The van der Waals surface area contributed by atoms with Gasteiger partial charge in [-0.2, -0.15) is 0 Å². The number of oxazole rings is 1. The normalized spacial score (nSPS) is 14.8. The second kappa shape index (κ2) is 9.42. The Morgan fingerprint density at radius 1 is 1.03 bits per heavy atom. The summed E-state index contributed by atoms with van der Waals surface area (Å²) in [6, 6.07) is 11.8. The van der Waals surface area contributed by atoms with E-state index in [9.17, 15) is 0 Å². The summed E-state index contributed by atoms with van der Waals surface area (Å²) < 4.78 is 6.02. The van der Waals surface area contributed by atoms with Crippen molar-refractivity contribution in [2.24, 2.45) is 0 Å². The highest BCUT2D eigenvalue weighted by molar-refractivity contribution is 6.05. The lowest BCUT2D eigenvalue weighted by molar-refractivity contribution is 0.256. The van der Waals surface area contributed by atoms with Crippen LogP contribution in [-0.2, 0) is 0 Å². The number of fused-ring (bicyclic) bond motifs is 3. The van der Waals surface area contributed by atoms with Gasteiger partial charge in [0.25, 0.3) is 0 Å². The molecule has 0 saturated carbocycles. The highest BCUT2D eigenvalue weighted by atomic mass is 16.3. The number of rotatable bonds is 3. The Morgan fingerprint density at radius 2 is 1.82 bits per heavy atom. The summed E-state index contributed by atoms with van der Waals surface area (Å²) in [5, 5.41) is 4.18. The molecule has 1 aliphatic rings. The molecular weight excluding hydrogens is 412 g/mol. The van der Waals surface area contributed by atoms with Crippen molar-refractivity contribution >= 4 is 27.7 Å². The van der Waals surface area contributed by atoms with Crippen LogP contribution in [0.5, 0.6) is 0 Å². The first-order chi connectivity index (χ1) is 16.2. The summed E-state index contributed by atoms with van der Waals surface area (Å²) >= 11 is 0. The number of anilines is 1. The van der Waals surface area contributed by atoms with Gasteiger partial charge in [0.1, 0.15) is 5.52 Å². The summed E-state index contributed by atoms with van der Waals surface area (Å²) in [4.78, 5) is 18.7. The average Bonchev–Trinajstić information content (AvgIpc) is 3.50. The number of nitrogens with one attached hydrogen (secondary N) is 2. The molecule has 168 valence electrons. The molecule has 1 aromatic carbocycles. The van der Waals surface area contributed by atoms with E-state index < -0.39 is 0 Å². The number of piperidine rings is 1. The molecule has 7 nitrogen and oxygen atoms in total. The van der Waals surface area contributed by atoms with Gasteiger partial charge in [0.05, 0.1) is 11.3 Å². The van der Waals surface area contributed by atoms with E-state index in [1.165, 1.54) is 23.8 Å². The van der Waals surface area contributed by atoms with Crippen LogP contribution in [0.4, 0.5) is 5.69 Å². The summed E-state index contributed by atoms with van der Waals surface area (Å²) in [6.45, 7) is 2.29. The number of aromatic amines is 1. The Hall–Kier alpha value is -3.71. The number of nitrogens with zero attached hydrogens (tertiary/aromatic N) is 4. The monoisotopic (exact) mass is 440 g/mol. The fourth-order valence-corrected chi connectivity index (χ4v) is 4.40. The standard InChI is InChI=1S/C20H20N4O.C6H8N2/c1-24-9-6-13(7-10-24)15-12-22-16-4-5-17-19(18(15)16)23-20(25-17)14-3-2-8-21-11-14;1-7-6-3-2-4-8-5-6/h2-5,8,11-13,22H,6-7,9-10H2,1H3;2-5,7H,1H3. The Morgan fingerprint density at radius 3 is 2.48 bits per heavy atom. The van der Waals surface area contributed by atoms with Gasteiger partial charge in [0.2, 0.25) is 5.89 Å². The van der Waals surface area contributed by atoms with E-state index in [0.717, 1.165) is 41.0 Å². The Balaban J connectivity index is 0.000000243. The maximum atomic E-state index is 6.02. The van der Waals surface area contributed by atoms with Crippen LogP contribution in [0.25, 0.3) is 33.5 Å². The van der Waals surface area contributed by atoms with E-state index >= 15 is 0 Å². The number of pyridine rings is 2. The van der Waals surface area contributed by atoms with E-state index in [1.807, 2.05) is 37.4 Å². The van der Waals surface area contributed by atoms with Crippen LogP contribution in [0.1, 0.15) is 24.3 Å². The second-order valence-corrected chi connectivity index (χ2v) is 8.41. The zero-order valence-electron chi connectivity index (χ0n) is 19.0. The zero-order valence-corrected chi connectivity index (χ0v) is 19.0. The molecule has 0 bridgehead atoms. The molecule has 0 spiro atoms. The van der Waals surface area contributed by atoms with Crippen molar-refractivity contribution in [1.82, 2.24) is 24.8 Å². The maximum Gasteiger partial charge on any atom is 0.228 e. The Labute approximate surface area is 192 Å². The molecule has 0 aliphatic carbocycles. The molecule has 2 N–H and O–H groups in total. The van der Waals surface area contributed by atoms with Crippen LogP contribution in [0.3, 0.4) is 0 Å². The third-order valence-corrected chi connectivity index (χ3v) is 6.25. The maximum absolute atomic E-state index is 6.02. The first-order valence-corrected chi connectivity index (χ1v) is 11.3. The van der Waals surface area contributed by atoms with Crippen molar-refractivity contribution in [1.29, 1.82) is 0 Å². The van der Waals surface area contributed by atoms with Crippen LogP contribution < -0.4 is 5.32 Å². The van der Waals surface area contributed by atoms with Crippen molar-refractivity contribution in [2.75, 3.05) is 32.5 Å². The van der Waals surface area contributed by atoms with Crippen LogP contribution in [-0.4, -0.2) is 52.0 Å². The van der Waals surface area contributed by atoms with E-state index in [1.54, 1.807) is 24.8 Å². The van der Waals surface area contributed by atoms with Crippen molar-refractivity contribution in [3.05, 3.63) is 72.9 Å². The first kappa shape index (κ1) is 21.2. The number of aromatic nitrogens is 4. The molecule has 4 aromatic heterocycles. The SMILES string of the molecule is CN1CCC(c2c[nH]c3ccc4oc(-c5cccnc5)nc4c23)CC1.CNc1cccnc1. The van der Waals surface area contributed by atoms with Crippen LogP contribution in [0, 0.1) is 0 Å². The Bertz CT molecular complexity index is 1320. The third-order valence-electron chi connectivity index (χ3n) is 6.25. The fourth-order valence-electron chi connectivity index (χ4n) is 4.40. The van der Waals surface area contributed by atoms with Gasteiger partial charge < -0.3 is 19.6 Å². The molecule has 1 fully saturated rings. The number of H-pyrrole nitrogens is 1. The molecule has 1 aliphatic heterocycles. The summed E-state index contributed by atoms with van der Waals surface area (Å²) in [7, 11) is 4.07. The smallest absolute Gasteiger partial charge is 0.228 e. The Kier molecular flexibility index (Phi) is 6.04. The van der Waals surface area contributed by atoms with Crippen LogP contribution in [0.15, 0.2) is 71.8 Å². The van der Waals surface area contributed by atoms with Gasteiger partial charge in [-0.1, -0.05) is 0 Å². The molecule has 5 aromatic rings. The van der Waals surface area contributed by atoms with E-state index in [0.29, 0.717) is 11.8 Å². The van der Waals surface area contributed by atoms with Gasteiger partial charge in [0, 0.05) is 48.9 Å². The minimum atomic E-state index is 0.578. The van der Waals surface area contributed by atoms with Gasteiger partial charge in [0.15, 0.2) is 5.58 Å². The van der Waals surface area contributed by atoms with Crippen molar-refractivity contribution < 1.29 is 4.42 Å². The first-order valence-electron chi connectivity index (χ1n) is 11.3. The molecule has 7 heteroatoms. The number of hydrogen-bond acceptors (Lipinski definition) is 6. The predicted octanol–water partition coefficient (Wildman–Crippen LogP) is 5.30. The molecular formula is C26H28N6O. The number of hydrogen-bond donors (Lipinski definition) is 2. The number of benzene rings is 1. The average molecular weight is 441 g/mol. The highest BCUT2D eigenvalue weighted by Crippen LogP contribution is 2.37. The van der Waals surface area contributed by atoms with Crippen molar-refractivity contribution in [3.8, 4) is 11.5 Å². The lowest BCUT2D eigenvalue weighted by atomic mass is 9.89. The molecule has 0 amide bonds. The van der Waals surface area contributed by atoms with Gasteiger partial charge in [-0.05, 0) is 80.9 Å². The van der Waals surface area contributed by atoms with Crippen LogP contribution in [0.2, 0.25) is 0 Å².